The van der Waals surface area contributed by atoms with E-state index in [9.17, 15) is 5.11 Å². The van der Waals surface area contributed by atoms with Crippen molar-refractivity contribution in [2.24, 2.45) is 5.41 Å². The van der Waals surface area contributed by atoms with Crippen LogP contribution in [0.5, 0.6) is 0 Å². The highest BCUT2D eigenvalue weighted by Gasteiger charge is 2.41. The third-order valence-corrected chi connectivity index (χ3v) is 5.57. The molecule has 3 heteroatoms. The molecule has 148 valence electrons. The number of nitrogens with one attached hydrogen (secondary N) is 1. The second kappa shape index (κ2) is 8.90. The van der Waals surface area contributed by atoms with E-state index in [1.807, 2.05) is 31.2 Å². The number of anilines is 1. The lowest BCUT2D eigenvalue weighted by atomic mass is 9.83. The lowest BCUT2D eigenvalue weighted by Crippen LogP contribution is -2.42. The zero-order chi connectivity index (χ0) is 20.1. The van der Waals surface area contributed by atoms with Gasteiger partial charge in [0.15, 0.2) is 0 Å². The first-order valence-electron chi connectivity index (χ1n) is 9.83. The van der Waals surface area contributed by atoms with Gasteiger partial charge in [-0.1, -0.05) is 56.9 Å². The van der Waals surface area contributed by atoms with Gasteiger partial charge in [-0.3, -0.25) is 0 Å². The second-order valence-corrected chi connectivity index (χ2v) is 8.53. The van der Waals surface area contributed by atoms with Gasteiger partial charge in [0.25, 0.3) is 0 Å². The molecule has 0 aromatic heterocycles. The highest BCUT2D eigenvalue weighted by molar-refractivity contribution is 5.65. The van der Waals surface area contributed by atoms with Crippen LogP contribution in [0.3, 0.4) is 0 Å². The predicted octanol–water partition coefficient (Wildman–Crippen LogP) is 5.59. The average molecular weight is 370 g/mol. The summed E-state index contributed by atoms with van der Waals surface area (Å²) in [5, 5.41) is 14.4. The van der Waals surface area contributed by atoms with Crippen LogP contribution in [0.25, 0.3) is 6.08 Å². The number of para-hydroxylation sites is 1. The van der Waals surface area contributed by atoms with Crippen molar-refractivity contribution in [3.05, 3.63) is 61.7 Å². The molecule has 0 amide bonds. The molecule has 1 aliphatic heterocycles. The zero-order valence-electron chi connectivity index (χ0n) is 17.1. The Morgan fingerprint density at radius 3 is 2.56 bits per heavy atom. The van der Waals surface area contributed by atoms with Crippen molar-refractivity contribution in [1.82, 2.24) is 0 Å². The van der Waals surface area contributed by atoms with Crippen LogP contribution < -0.4 is 5.32 Å². The molecule has 0 radical (unpaired) electrons. The predicted molar refractivity (Wildman–Crippen MR) is 116 cm³/mol. The minimum absolute atomic E-state index is 0.0220. The molecule has 2 N–H and O–H groups in total. The standard InChI is InChI=1S/C24H35NO2/c1-7-16-24(6,26)22-15-14-21(27-22)20(17-23(4,5)9-3)25-19-13-11-10-12-18(19)8-2/h7-13,20-22,25-26H,1-3,14-17H2,4-6H3/t20-,21+,22+,24-/m1/s1. The van der Waals surface area contributed by atoms with Crippen LogP contribution >= 0.6 is 0 Å². The van der Waals surface area contributed by atoms with Gasteiger partial charge < -0.3 is 15.2 Å². The molecule has 4 atom stereocenters. The molecule has 27 heavy (non-hydrogen) atoms. The van der Waals surface area contributed by atoms with Crippen LogP contribution in [0.2, 0.25) is 0 Å². The monoisotopic (exact) mass is 369 g/mol. The van der Waals surface area contributed by atoms with E-state index in [-0.39, 0.29) is 23.7 Å². The van der Waals surface area contributed by atoms with Crippen molar-refractivity contribution in [2.45, 2.75) is 70.3 Å². The summed E-state index contributed by atoms with van der Waals surface area (Å²) in [6.07, 6.45) is 8.67. The number of aliphatic hydroxyl groups is 1. The Morgan fingerprint density at radius 1 is 1.22 bits per heavy atom. The first kappa shape index (κ1) is 21.5. The zero-order valence-corrected chi connectivity index (χ0v) is 17.1. The maximum Gasteiger partial charge on any atom is 0.0914 e. The second-order valence-electron chi connectivity index (χ2n) is 8.53. The Kier molecular flexibility index (Phi) is 7.07. The summed E-state index contributed by atoms with van der Waals surface area (Å²) < 4.78 is 6.36. The molecule has 0 aliphatic carbocycles. The molecule has 1 heterocycles. The Hall–Kier alpha value is -1.84. The van der Waals surface area contributed by atoms with Crippen molar-refractivity contribution >= 4 is 11.8 Å². The first-order chi connectivity index (χ1) is 12.7. The van der Waals surface area contributed by atoms with Crippen LogP contribution in [-0.2, 0) is 4.74 Å². The molecule has 1 aromatic rings. The fraction of sp³-hybridized carbons (Fsp3) is 0.500. The molecule has 1 aromatic carbocycles. The molecular weight excluding hydrogens is 334 g/mol. The maximum absolute atomic E-state index is 10.7. The van der Waals surface area contributed by atoms with E-state index in [4.69, 9.17) is 4.74 Å². The summed E-state index contributed by atoms with van der Waals surface area (Å²) in [6, 6.07) is 8.28. The quantitative estimate of drug-likeness (QED) is 0.528. The molecule has 0 spiro atoms. The van der Waals surface area contributed by atoms with Gasteiger partial charge in [-0.15, -0.1) is 13.2 Å². The fourth-order valence-corrected chi connectivity index (χ4v) is 3.77. The van der Waals surface area contributed by atoms with E-state index in [1.165, 1.54) is 0 Å². The number of hydrogen-bond donors (Lipinski definition) is 2. The third-order valence-electron chi connectivity index (χ3n) is 5.57. The SMILES string of the molecule is C=CC[C@@](C)(O)[C@@H]1CC[C@@H]([C@@H](CC(C)(C)C=C)Nc2ccccc2C=C)O1. The molecular formula is C24H35NO2. The van der Waals surface area contributed by atoms with Crippen LogP contribution in [0, 0.1) is 5.41 Å². The molecule has 3 nitrogen and oxygen atoms in total. The number of benzene rings is 1. The smallest absolute Gasteiger partial charge is 0.0914 e. The summed E-state index contributed by atoms with van der Waals surface area (Å²) in [5.41, 5.74) is 1.23. The Labute approximate surface area is 164 Å². The van der Waals surface area contributed by atoms with Crippen molar-refractivity contribution < 1.29 is 9.84 Å². The normalized spacial score (nSPS) is 23.3. The van der Waals surface area contributed by atoms with E-state index in [2.05, 4.69) is 51.0 Å². The van der Waals surface area contributed by atoms with Gasteiger partial charge in [0.2, 0.25) is 0 Å². The molecule has 2 rings (SSSR count). The highest BCUT2D eigenvalue weighted by atomic mass is 16.5. The summed E-state index contributed by atoms with van der Waals surface area (Å²) in [4.78, 5) is 0. The molecule has 0 saturated carbocycles. The Bertz CT molecular complexity index is 662. The van der Waals surface area contributed by atoms with Crippen molar-refractivity contribution in [2.75, 3.05) is 5.32 Å². The largest absolute Gasteiger partial charge is 0.387 e. The van der Waals surface area contributed by atoms with Crippen LogP contribution in [0.1, 0.15) is 52.0 Å². The third kappa shape index (κ3) is 5.57. The summed E-state index contributed by atoms with van der Waals surface area (Å²) >= 11 is 0. The van der Waals surface area contributed by atoms with Gasteiger partial charge in [-0.2, -0.15) is 0 Å². The van der Waals surface area contributed by atoms with E-state index >= 15 is 0 Å². The lowest BCUT2D eigenvalue weighted by Gasteiger charge is -2.34. The van der Waals surface area contributed by atoms with E-state index in [0.717, 1.165) is 30.5 Å². The van der Waals surface area contributed by atoms with E-state index < -0.39 is 5.60 Å². The number of ether oxygens (including phenoxy) is 1. The lowest BCUT2D eigenvalue weighted by molar-refractivity contribution is -0.0952. The molecule has 0 bridgehead atoms. The minimum atomic E-state index is -0.881. The van der Waals surface area contributed by atoms with Crippen LogP contribution in [-0.4, -0.2) is 29.0 Å². The van der Waals surface area contributed by atoms with Crippen LogP contribution in [0.4, 0.5) is 5.69 Å². The Balaban J connectivity index is 2.22. The summed E-state index contributed by atoms with van der Waals surface area (Å²) in [7, 11) is 0. The topological polar surface area (TPSA) is 41.5 Å². The minimum Gasteiger partial charge on any atom is -0.387 e. The first-order valence-corrected chi connectivity index (χ1v) is 9.83. The van der Waals surface area contributed by atoms with E-state index in [1.54, 1.807) is 6.08 Å². The van der Waals surface area contributed by atoms with Crippen molar-refractivity contribution in [1.29, 1.82) is 0 Å². The number of hydrogen-bond acceptors (Lipinski definition) is 3. The molecule has 1 aliphatic rings. The number of rotatable bonds is 10. The summed E-state index contributed by atoms with van der Waals surface area (Å²) in [6.45, 7) is 17.9. The number of allylic oxidation sites excluding steroid dienone is 1. The molecule has 1 saturated heterocycles. The van der Waals surface area contributed by atoms with Crippen molar-refractivity contribution in [3.8, 4) is 0 Å². The van der Waals surface area contributed by atoms with Crippen molar-refractivity contribution in [3.63, 3.8) is 0 Å². The highest BCUT2D eigenvalue weighted by Crippen LogP contribution is 2.36. The fourth-order valence-electron chi connectivity index (χ4n) is 3.77. The van der Waals surface area contributed by atoms with Gasteiger partial charge in [-0.05, 0) is 49.7 Å². The van der Waals surface area contributed by atoms with E-state index in [0.29, 0.717) is 6.42 Å². The van der Waals surface area contributed by atoms with Crippen LogP contribution in [0.15, 0.2) is 56.2 Å². The molecule has 0 unspecified atom stereocenters. The van der Waals surface area contributed by atoms with Gasteiger partial charge in [0, 0.05) is 5.69 Å². The maximum atomic E-state index is 10.7. The Morgan fingerprint density at radius 2 is 1.93 bits per heavy atom. The average Bonchev–Trinajstić information content (AvgIpc) is 3.12. The van der Waals surface area contributed by atoms with Gasteiger partial charge in [0.1, 0.15) is 0 Å². The molecule has 1 fully saturated rings. The van der Waals surface area contributed by atoms with Gasteiger partial charge in [-0.25, -0.2) is 0 Å². The van der Waals surface area contributed by atoms with Gasteiger partial charge >= 0.3 is 0 Å². The summed E-state index contributed by atoms with van der Waals surface area (Å²) in [5.74, 6) is 0. The van der Waals surface area contributed by atoms with Gasteiger partial charge in [0.05, 0.1) is 23.9 Å².